The van der Waals surface area contributed by atoms with Gasteiger partial charge in [-0.3, -0.25) is 4.79 Å². The van der Waals surface area contributed by atoms with Crippen LogP contribution in [0.15, 0.2) is 60.7 Å². The zero-order valence-corrected chi connectivity index (χ0v) is 18.9. The van der Waals surface area contributed by atoms with Crippen molar-refractivity contribution in [3.63, 3.8) is 0 Å². The van der Waals surface area contributed by atoms with Crippen LogP contribution < -0.4 is 10.2 Å². The standard InChI is InChI=1S/C25H23ClFN5O/c1-16-14-24(32-23(28-16)15-22(30-32)17-2-6-20(27)7-3-17)31-12-10-18(11-13-31)25(33)29-21-8-4-19(26)5-9-21/h2-9,14-15,18H,10-13H2,1H3,(H,29,33). The zero-order chi connectivity index (χ0) is 22.9. The number of fused-ring (bicyclic) bond motifs is 1. The van der Waals surface area contributed by atoms with Gasteiger partial charge in [0.15, 0.2) is 5.65 Å². The molecule has 1 amide bonds. The maximum atomic E-state index is 13.3. The first-order chi connectivity index (χ1) is 16.0. The molecule has 2 aromatic heterocycles. The lowest BCUT2D eigenvalue weighted by Crippen LogP contribution is -2.39. The molecule has 1 aliphatic rings. The van der Waals surface area contributed by atoms with E-state index in [1.807, 2.05) is 35.7 Å². The van der Waals surface area contributed by atoms with E-state index >= 15 is 0 Å². The molecule has 33 heavy (non-hydrogen) atoms. The van der Waals surface area contributed by atoms with E-state index in [2.05, 4.69) is 15.2 Å². The number of anilines is 2. The summed E-state index contributed by atoms with van der Waals surface area (Å²) in [5.74, 6) is 0.649. The summed E-state index contributed by atoms with van der Waals surface area (Å²) in [5.41, 5.74) is 3.97. The number of piperidine rings is 1. The lowest BCUT2D eigenvalue weighted by molar-refractivity contribution is -0.120. The molecule has 0 saturated carbocycles. The Hall–Kier alpha value is -3.45. The lowest BCUT2D eigenvalue weighted by Gasteiger charge is -2.33. The molecule has 1 N–H and O–H groups in total. The van der Waals surface area contributed by atoms with Crippen molar-refractivity contribution < 1.29 is 9.18 Å². The summed E-state index contributed by atoms with van der Waals surface area (Å²) in [5, 5.41) is 8.37. The fraction of sp³-hybridized carbons (Fsp3) is 0.240. The molecule has 8 heteroatoms. The number of nitrogens with zero attached hydrogens (tertiary/aromatic N) is 4. The van der Waals surface area contributed by atoms with E-state index in [-0.39, 0.29) is 17.6 Å². The molecule has 168 valence electrons. The third-order valence-electron chi connectivity index (χ3n) is 5.98. The SMILES string of the molecule is Cc1cc(N2CCC(C(=O)Nc3ccc(Cl)cc3)CC2)n2nc(-c3ccc(F)cc3)cc2n1. The smallest absolute Gasteiger partial charge is 0.227 e. The van der Waals surface area contributed by atoms with Crippen LogP contribution in [0.3, 0.4) is 0 Å². The molecule has 3 heterocycles. The first-order valence-electron chi connectivity index (χ1n) is 10.9. The van der Waals surface area contributed by atoms with E-state index in [1.165, 1.54) is 12.1 Å². The van der Waals surface area contributed by atoms with Crippen LogP contribution in [-0.2, 0) is 4.79 Å². The highest BCUT2D eigenvalue weighted by Gasteiger charge is 2.27. The average Bonchev–Trinajstić information content (AvgIpc) is 3.24. The second-order valence-electron chi connectivity index (χ2n) is 8.32. The van der Waals surface area contributed by atoms with Gasteiger partial charge in [-0.1, -0.05) is 11.6 Å². The summed E-state index contributed by atoms with van der Waals surface area (Å²) in [7, 11) is 0. The number of amides is 1. The minimum atomic E-state index is -0.278. The molecule has 0 bridgehead atoms. The number of hydrogen-bond acceptors (Lipinski definition) is 4. The van der Waals surface area contributed by atoms with Gasteiger partial charge in [0.25, 0.3) is 0 Å². The van der Waals surface area contributed by atoms with Gasteiger partial charge in [0.1, 0.15) is 11.6 Å². The van der Waals surface area contributed by atoms with Crippen molar-refractivity contribution in [2.75, 3.05) is 23.3 Å². The summed E-state index contributed by atoms with van der Waals surface area (Å²) in [6.45, 7) is 3.44. The number of halogens is 2. The molecule has 0 radical (unpaired) electrons. The van der Waals surface area contributed by atoms with Crippen LogP contribution >= 0.6 is 11.6 Å². The molecule has 4 aromatic rings. The van der Waals surface area contributed by atoms with Gasteiger partial charge >= 0.3 is 0 Å². The predicted octanol–water partition coefficient (Wildman–Crippen LogP) is 5.35. The minimum absolute atomic E-state index is 0.0331. The second-order valence-corrected chi connectivity index (χ2v) is 8.76. The number of hydrogen-bond donors (Lipinski definition) is 1. The molecule has 2 aromatic carbocycles. The van der Waals surface area contributed by atoms with Crippen molar-refractivity contribution in [1.29, 1.82) is 0 Å². The number of nitrogens with one attached hydrogen (secondary N) is 1. The Morgan fingerprint density at radius 3 is 2.45 bits per heavy atom. The van der Waals surface area contributed by atoms with Gasteiger partial charge < -0.3 is 10.2 Å². The van der Waals surface area contributed by atoms with E-state index in [9.17, 15) is 9.18 Å². The molecule has 0 unspecified atom stereocenters. The van der Waals surface area contributed by atoms with E-state index in [0.717, 1.165) is 60.0 Å². The van der Waals surface area contributed by atoms with Crippen LogP contribution in [0.4, 0.5) is 15.9 Å². The number of carbonyl (C=O) groups is 1. The molecule has 1 saturated heterocycles. The van der Waals surface area contributed by atoms with Gasteiger partial charge in [0.2, 0.25) is 5.91 Å². The number of benzene rings is 2. The first kappa shape index (κ1) is 21.4. The summed E-state index contributed by atoms with van der Waals surface area (Å²) in [4.78, 5) is 19.6. The third kappa shape index (κ3) is 4.54. The highest BCUT2D eigenvalue weighted by atomic mass is 35.5. The van der Waals surface area contributed by atoms with Crippen molar-refractivity contribution in [2.45, 2.75) is 19.8 Å². The third-order valence-corrected chi connectivity index (χ3v) is 6.23. The quantitative estimate of drug-likeness (QED) is 0.443. The number of rotatable bonds is 4. The number of aromatic nitrogens is 3. The minimum Gasteiger partial charge on any atom is -0.356 e. The fourth-order valence-corrected chi connectivity index (χ4v) is 4.34. The average molecular weight is 464 g/mol. The van der Waals surface area contributed by atoms with Crippen LogP contribution in [0.2, 0.25) is 5.02 Å². The Morgan fingerprint density at radius 2 is 1.76 bits per heavy atom. The van der Waals surface area contributed by atoms with Crippen molar-refractivity contribution in [3.05, 3.63) is 77.2 Å². The van der Waals surface area contributed by atoms with Gasteiger partial charge in [-0.2, -0.15) is 9.61 Å². The molecule has 1 fully saturated rings. The van der Waals surface area contributed by atoms with Crippen molar-refractivity contribution in [1.82, 2.24) is 14.6 Å². The molecule has 6 nitrogen and oxygen atoms in total. The van der Waals surface area contributed by atoms with E-state index < -0.39 is 0 Å². The van der Waals surface area contributed by atoms with Gasteiger partial charge in [-0.05, 0) is 68.3 Å². The predicted molar refractivity (Wildman–Crippen MR) is 128 cm³/mol. The second kappa shape index (κ2) is 8.83. The highest BCUT2D eigenvalue weighted by molar-refractivity contribution is 6.30. The summed E-state index contributed by atoms with van der Waals surface area (Å²) in [6.07, 6.45) is 1.49. The maximum Gasteiger partial charge on any atom is 0.227 e. The maximum absolute atomic E-state index is 13.3. The van der Waals surface area contributed by atoms with Gasteiger partial charge in [0, 0.05) is 53.1 Å². The summed E-state index contributed by atoms with van der Waals surface area (Å²) < 4.78 is 15.1. The number of carbonyl (C=O) groups excluding carboxylic acids is 1. The molecule has 5 rings (SSSR count). The molecule has 1 aliphatic heterocycles. The van der Waals surface area contributed by atoms with Crippen molar-refractivity contribution in [3.8, 4) is 11.3 Å². The Balaban J connectivity index is 1.33. The van der Waals surface area contributed by atoms with Crippen LogP contribution in [-0.4, -0.2) is 33.6 Å². The van der Waals surface area contributed by atoms with E-state index in [0.29, 0.717) is 5.02 Å². The van der Waals surface area contributed by atoms with Crippen molar-refractivity contribution >= 4 is 34.7 Å². The van der Waals surface area contributed by atoms with Crippen molar-refractivity contribution in [2.24, 2.45) is 5.92 Å². The monoisotopic (exact) mass is 463 g/mol. The Kier molecular flexibility index (Phi) is 5.72. The van der Waals surface area contributed by atoms with Crippen LogP contribution in [0, 0.1) is 18.7 Å². The Labute approximate surface area is 196 Å². The normalized spacial score (nSPS) is 14.6. The topological polar surface area (TPSA) is 62.5 Å². The van der Waals surface area contributed by atoms with Gasteiger partial charge in [-0.15, -0.1) is 0 Å². The van der Waals surface area contributed by atoms with Crippen LogP contribution in [0.1, 0.15) is 18.5 Å². The number of aryl methyl sites for hydroxylation is 1. The zero-order valence-electron chi connectivity index (χ0n) is 18.1. The van der Waals surface area contributed by atoms with Crippen LogP contribution in [0.25, 0.3) is 16.9 Å². The Morgan fingerprint density at radius 1 is 1.06 bits per heavy atom. The van der Waals surface area contributed by atoms with Gasteiger partial charge in [-0.25, -0.2) is 9.37 Å². The van der Waals surface area contributed by atoms with Crippen LogP contribution in [0.5, 0.6) is 0 Å². The fourth-order valence-electron chi connectivity index (χ4n) is 4.22. The summed E-state index contributed by atoms with van der Waals surface area (Å²) >= 11 is 5.92. The molecule has 0 aliphatic carbocycles. The molecular weight excluding hydrogens is 441 g/mol. The largest absolute Gasteiger partial charge is 0.356 e. The van der Waals surface area contributed by atoms with E-state index in [4.69, 9.17) is 16.7 Å². The Bertz CT molecular complexity index is 1300. The van der Waals surface area contributed by atoms with Gasteiger partial charge in [0.05, 0.1) is 5.69 Å². The molecule has 0 spiro atoms. The molecule has 0 atom stereocenters. The highest BCUT2D eigenvalue weighted by Crippen LogP contribution is 2.28. The summed E-state index contributed by atoms with van der Waals surface area (Å²) in [6, 6.07) is 17.4. The van der Waals surface area contributed by atoms with E-state index in [1.54, 1.807) is 24.3 Å². The first-order valence-corrected chi connectivity index (χ1v) is 11.3. The molecular formula is C25H23ClFN5O. The lowest BCUT2D eigenvalue weighted by atomic mass is 9.95.